The minimum Gasteiger partial charge on any atom is -0.306 e. The van der Waals surface area contributed by atoms with Crippen molar-refractivity contribution in [1.82, 2.24) is 5.32 Å². The molecule has 1 unspecified atom stereocenters. The first-order chi connectivity index (χ1) is 10.1. The minimum absolute atomic E-state index is 0.000503. The average Bonchev–Trinajstić information content (AvgIpc) is 2.53. The van der Waals surface area contributed by atoms with E-state index in [0.29, 0.717) is 12.1 Å². The zero-order valence-corrected chi connectivity index (χ0v) is 11.6. The molecule has 0 saturated carbocycles. The molecule has 2 aromatic rings. The second-order valence-electron chi connectivity index (χ2n) is 4.76. The lowest BCUT2D eigenvalue weighted by atomic mass is 10.1. The van der Waals surface area contributed by atoms with E-state index >= 15 is 0 Å². The molecule has 0 amide bonds. The predicted molar refractivity (Wildman–Crippen MR) is 79.5 cm³/mol. The summed E-state index contributed by atoms with van der Waals surface area (Å²) < 4.78 is 0. The number of hydrogen-bond acceptors (Lipinski definition) is 4. The summed E-state index contributed by atoms with van der Waals surface area (Å²) in [4.78, 5) is 10.4. The highest BCUT2D eigenvalue weighted by Gasteiger charge is 2.10. The number of nitrogens with zero attached hydrogens (tertiary/aromatic N) is 2. The maximum Gasteiger partial charge on any atom is 0.269 e. The molecule has 0 spiro atoms. The molecule has 1 N–H and O–H groups in total. The molecule has 106 valence electrons. The zero-order valence-electron chi connectivity index (χ0n) is 11.6. The van der Waals surface area contributed by atoms with Crippen LogP contribution in [-0.2, 0) is 6.54 Å². The quantitative estimate of drug-likeness (QED) is 0.673. The molecule has 1 atom stereocenters. The fourth-order valence-corrected chi connectivity index (χ4v) is 1.99. The smallest absolute Gasteiger partial charge is 0.269 e. The van der Waals surface area contributed by atoms with Crippen molar-refractivity contribution >= 4 is 5.69 Å². The number of rotatable bonds is 5. The molecule has 0 radical (unpaired) electrons. The lowest BCUT2D eigenvalue weighted by Gasteiger charge is -2.14. The van der Waals surface area contributed by atoms with Crippen LogP contribution in [-0.4, -0.2) is 4.92 Å². The monoisotopic (exact) mass is 281 g/mol. The lowest BCUT2D eigenvalue weighted by Crippen LogP contribution is -2.18. The van der Waals surface area contributed by atoms with Gasteiger partial charge in [0.05, 0.1) is 16.6 Å². The van der Waals surface area contributed by atoms with Crippen molar-refractivity contribution in [2.24, 2.45) is 0 Å². The van der Waals surface area contributed by atoms with Gasteiger partial charge in [-0.15, -0.1) is 0 Å². The summed E-state index contributed by atoms with van der Waals surface area (Å²) in [6.07, 6.45) is 0. The number of nitro benzene ring substituents is 1. The summed E-state index contributed by atoms with van der Waals surface area (Å²) in [5, 5.41) is 22.8. The van der Waals surface area contributed by atoms with Crippen LogP contribution in [0.25, 0.3) is 0 Å². The van der Waals surface area contributed by atoms with Crippen molar-refractivity contribution in [2.75, 3.05) is 0 Å². The lowest BCUT2D eigenvalue weighted by molar-refractivity contribution is -0.384. The summed E-state index contributed by atoms with van der Waals surface area (Å²) >= 11 is 0. The first-order valence-corrected chi connectivity index (χ1v) is 6.57. The van der Waals surface area contributed by atoms with E-state index in [0.717, 1.165) is 11.1 Å². The number of hydrogen-bond donors (Lipinski definition) is 1. The molecule has 0 aromatic heterocycles. The molecule has 5 nitrogen and oxygen atoms in total. The molecule has 0 bridgehead atoms. The molecule has 2 rings (SSSR count). The fraction of sp³-hybridized carbons (Fsp3) is 0.188. The zero-order chi connectivity index (χ0) is 15.2. The van der Waals surface area contributed by atoms with Crippen LogP contribution in [0.5, 0.6) is 0 Å². The van der Waals surface area contributed by atoms with Gasteiger partial charge in [0.15, 0.2) is 0 Å². The van der Waals surface area contributed by atoms with E-state index < -0.39 is 4.92 Å². The second kappa shape index (κ2) is 6.64. The van der Waals surface area contributed by atoms with E-state index in [2.05, 4.69) is 11.4 Å². The van der Waals surface area contributed by atoms with Gasteiger partial charge < -0.3 is 5.32 Å². The van der Waals surface area contributed by atoms with Gasteiger partial charge in [-0.2, -0.15) is 5.26 Å². The average molecular weight is 281 g/mol. The number of non-ortho nitro benzene ring substituents is 1. The summed E-state index contributed by atoms with van der Waals surface area (Å²) in [6.45, 7) is 2.60. The van der Waals surface area contributed by atoms with Gasteiger partial charge in [-0.25, -0.2) is 0 Å². The summed E-state index contributed by atoms with van der Waals surface area (Å²) in [5.74, 6) is 0. The SMILES string of the molecule is CC(NCc1ccc(C#N)cc1)c1cccc([N+](=O)[O-])c1. The second-order valence-corrected chi connectivity index (χ2v) is 4.76. The van der Waals surface area contributed by atoms with Crippen LogP contribution < -0.4 is 5.32 Å². The Morgan fingerprint density at radius 3 is 2.62 bits per heavy atom. The van der Waals surface area contributed by atoms with E-state index in [1.165, 1.54) is 6.07 Å². The first-order valence-electron chi connectivity index (χ1n) is 6.57. The molecule has 0 aliphatic carbocycles. The molecule has 5 heteroatoms. The third-order valence-electron chi connectivity index (χ3n) is 3.28. The van der Waals surface area contributed by atoms with Crippen molar-refractivity contribution < 1.29 is 4.92 Å². The molecule has 2 aromatic carbocycles. The van der Waals surface area contributed by atoms with E-state index in [4.69, 9.17) is 5.26 Å². The molecule has 0 aliphatic heterocycles. The normalized spacial score (nSPS) is 11.6. The van der Waals surface area contributed by atoms with Gasteiger partial charge in [-0.1, -0.05) is 24.3 Å². The van der Waals surface area contributed by atoms with Crippen molar-refractivity contribution in [3.05, 3.63) is 75.3 Å². The van der Waals surface area contributed by atoms with Crippen LogP contribution in [0.15, 0.2) is 48.5 Å². The Morgan fingerprint density at radius 2 is 2.00 bits per heavy atom. The predicted octanol–water partition coefficient (Wildman–Crippen LogP) is 3.32. The molecule has 0 heterocycles. The van der Waals surface area contributed by atoms with E-state index in [-0.39, 0.29) is 11.7 Å². The van der Waals surface area contributed by atoms with Crippen molar-refractivity contribution in [3.63, 3.8) is 0 Å². The molecule has 21 heavy (non-hydrogen) atoms. The Kier molecular flexibility index (Phi) is 4.64. The van der Waals surface area contributed by atoms with Gasteiger partial charge in [0.2, 0.25) is 0 Å². The number of nitriles is 1. The largest absolute Gasteiger partial charge is 0.306 e. The Labute approximate surface area is 123 Å². The standard InChI is InChI=1S/C16H15N3O2/c1-12(15-3-2-4-16(9-15)19(20)21)18-11-14-7-5-13(10-17)6-8-14/h2-9,12,18H,11H2,1H3. The van der Waals surface area contributed by atoms with Crippen LogP contribution in [0.4, 0.5) is 5.69 Å². The molecular formula is C16H15N3O2. The Hall–Kier alpha value is -2.71. The Bertz CT molecular complexity index is 675. The first kappa shape index (κ1) is 14.7. The summed E-state index contributed by atoms with van der Waals surface area (Å²) in [5.41, 5.74) is 2.66. The highest BCUT2D eigenvalue weighted by molar-refractivity contribution is 5.36. The van der Waals surface area contributed by atoms with Gasteiger partial charge >= 0.3 is 0 Å². The fourth-order valence-electron chi connectivity index (χ4n) is 1.99. The van der Waals surface area contributed by atoms with E-state index in [1.807, 2.05) is 25.1 Å². The molecular weight excluding hydrogens is 266 g/mol. The topological polar surface area (TPSA) is 79.0 Å². The van der Waals surface area contributed by atoms with Crippen LogP contribution >= 0.6 is 0 Å². The third-order valence-corrected chi connectivity index (χ3v) is 3.28. The number of nitro groups is 1. The molecule has 0 saturated heterocycles. The molecule has 0 fully saturated rings. The van der Waals surface area contributed by atoms with Gasteiger partial charge in [0.1, 0.15) is 0 Å². The number of nitrogens with one attached hydrogen (secondary N) is 1. The van der Waals surface area contributed by atoms with Gasteiger partial charge in [-0.3, -0.25) is 10.1 Å². The minimum atomic E-state index is -0.392. The maximum atomic E-state index is 10.8. The van der Waals surface area contributed by atoms with E-state index in [1.54, 1.807) is 24.3 Å². The van der Waals surface area contributed by atoms with Gasteiger partial charge in [0.25, 0.3) is 5.69 Å². The van der Waals surface area contributed by atoms with E-state index in [9.17, 15) is 10.1 Å². The highest BCUT2D eigenvalue weighted by Crippen LogP contribution is 2.19. The van der Waals surface area contributed by atoms with Gasteiger partial charge in [0, 0.05) is 24.7 Å². The Balaban J connectivity index is 2.01. The van der Waals surface area contributed by atoms with Crippen LogP contribution in [0, 0.1) is 21.4 Å². The van der Waals surface area contributed by atoms with Crippen LogP contribution in [0.3, 0.4) is 0 Å². The maximum absolute atomic E-state index is 10.8. The van der Waals surface area contributed by atoms with Gasteiger partial charge in [-0.05, 0) is 30.2 Å². The summed E-state index contributed by atoms with van der Waals surface area (Å²) in [6, 6.07) is 16.0. The van der Waals surface area contributed by atoms with Crippen LogP contribution in [0.2, 0.25) is 0 Å². The summed E-state index contributed by atoms with van der Waals surface area (Å²) in [7, 11) is 0. The van der Waals surface area contributed by atoms with Crippen molar-refractivity contribution in [2.45, 2.75) is 19.5 Å². The van der Waals surface area contributed by atoms with Crippen molar-refractivity contribution in [3.8, 4) is 6.07 Å². The van der Waals surface area contributed by atoms with Crippen LogP contribution in [0.1, 0.15) is 29.7 Å². The number of benzene rings is 2. The molecule has 0 aliphatic rings. The van der Waals surface area contributed by atoms with Crippen molar-refractivity contribution in [1.29, 1.82) is 5.26 Å². The highest BCUT2D eigenvalue weighted by atomic mass is 16.6. The Morgan fingerprint density at radius 1 is 1.29 bits per heavy atom. The third kappa shape index (κ3) is 3.88.